The second kappa shape index (κ2) is 29.0. The molecule has 0 aliphatic rings. The number of hydrogen-bond donors (Lipinski definition) is 0. The van der Waals surface area contributed by atoms with Crippen LogP contribution in [-0.2, 0) is 0 Å². The van der Waals surface area contributed by atoms with Crippen LogP contribution in [-0.4, -0.2) is 17.6 Å². The highest BCUT2D eigenvalue weighted by Gasteiger charge is 2.27. The first-order valence-corrected chi connectivity index (χ1v) is 54.0. The van der Waals surface area contributed by atoms with Crippen LogP contribution in [0.4, 0.5) is 0 Å². The van der Waals surface area contributed by atoms with Gasteiger partial charge in [-0.3, -0.25) is 0 Å². The summed E-state index contributed by atoms with van der Waals surface area (Å²) >= 11 is 15.3. The summed E-state index contributed by atoms with van der Waals surface area (Å²) in [6.45, 7) is 0. The first-order valence-electron chi connectivity index (χ1n) is 47.4. The molecule has 0 unspecified atom stereocenters. The SMILES string of the molecule is c1ccc2c(c1)cn1c2c2ccc3c4ccccc4sc3c2c2ccc3c4ccccc4sc3c21.c1ccc2c(c1)cn1c3cc4sc5ccccc5c4cc3c3c(ccc4c5ccccc5sc43)c21.c1ccc2c(c1)cn1c3cc4sc5ccccc5c4cc3c3c(ccc4sc5ccccc5c43)c21.c1ccc2c(c1)cn1c3ccc4sc5ccccc5c4c3c3c(ccc4c5ccccc5sc43)c21. The standard InChI is InChI=1S/4C32H17NS2/c1-2-8-19-18(7-1)17-33-26-16-29-24(21-10-4-5-11-27(21)34-29)15-25(26)30-23(31(19)33)14-13-22-20-9-3-6-12-28(20)35-32(22)30;1-2-8-19-18(7-1)17-33-29(19)24-15-13-22-20-9-3-5-11-26(20)34-31(22)28(24)25-16-14-23-21-10-4-6-12-27(21)35-32(23)30(25)33;1-2-8-19-18(7-1)17-33-25-16-29-23(20-9-3-5-11-26(20)35-29)15-24(25)30-22(32(19)33)13-14-28-31(30)21-10-4-6-12-27(21)34-28;1-2-8-19-18(7-1)17-33-24-15-16-27-28(22-10-4-6-12-26(22)34-27)30(24)29-23(31(19)33)14-13-21-20-9-3-5-11-25(20)35-32(21)29/h4*1-17H. The molecule has 36 rings (SSSR count). The van der Waals surface area contributed by atoms with E-state index in [2.05, 4.69) is 431 Å². The van der Waals surface area contributed by atoms with Crippen LogP contribution in [0.15, 0.2) is 413 Å². The van der Waals surface area contributed by atoms with Gasteiger partial charge in [-0.1, -0.05) is 297 Å². The molecular weight excluding hydrogens is 1850 g/mol. The van der Waals surface area contributed by atoms with E-state index in [-0.39, 0.29) is 0 Å². The minimum Gasteiger partial charge on any atom is -0.315 e. The second-order valence-electron chi connectivity index (χ2n) is 37.4. The van der Waals surface area contributed by atoms with Gasteiger partial charge in [-0.15, -0.1) is 90.7 Å². The summed E-state index contributed by atoms with van der Waals surface area (Å²) in [4.78, 5) is 0. The Kier molecular flexibility index (Phi) is 16.0. The van der Waals surface area contributed by atoms with Gasteiger partial charge in [0.1, 0.15) is 0 Å². The molecule has 0 radical (unpaired) electrons. The topological polar surface area (TPSA) is 17.6 Å². The molecule has 4 nitrogen and oxygen atoms in total. The van der Waals surface area contributed by atoms with Gasteiger partial charge in [0.25, 0.3) is 0 Å². The highest BCUT2D eigenvalue weighted by molar-refractivity contribution is 7.30. The Hall–Kier alpha value is -15.7. The van der Waals surface area contributed by atoms with Gasteiger partial charge in [0, 0.05) is 289 Å². The summed E-state index contributed by atoms with van der Waals surface area (Å²) in [5.41, 5.74) is 10.4. The van der Waals surface area contributed by atoms with E-state index in [1.54, 1.807) is 0 Å². The number of pyridine rings is 4. The maximum absolute atomic E-state index is 2.47. The van der Waals surface area contributed by atoms with Gasteiger partial charge in [0.2, 0.25) is 0 Å². The average Bonchev–Trinajstić information content (AvgIpc) is 1.52. The smallest absolute Gasteiger partial charge is 0.0714 e. The zero-order valence-electron chi connectivity index (χ0n) is 74.3. The molecule has 16 heterocycles. The summed E-state index contributed by atoms with van der Waals surface area (Å²) in [5.74, 6) is 0. The van der Waals surface area contributed by atoms with Gasteiger partial charge in [-0.05, 0) is 91.0 Å². The molecule has 20 aromatic carbocycles. The molecule has 0 aliphatic heterocycles. The third kappa shape index (κ3) is 10.7. The number of rotatable bonds is 0. The fourth-order valence-corrected chi connectivity index (χ4v) is 33.8. The summed E-state index contributed by atoms with van der Waals surface area (Å²) in [6, 6.07) is 144. The molecule has 140 heavy (non-hydrogen) atoms. The molecule has 0 atom stereocenters. The molecular formula is C128H68N4S8. The number of thiophene rings is 8. The highest BCUT2D eigenvalue weighted by atomic mass is 32.1. The Labute approximate surface area is 826 Å². The minimum atomic E-state index is 1.28. The van der Waals surface area contributed by atoms with Crippen molar-refractivity contribution in [1.82, 2.24) is 17.6 Å². The Morgan fingerprint density at radius 2 is 0.379 bits per heavy atom. The van der Waals surface area contributed by atoms with E-state index in [4.69, 9.17) is 0 Å². The number of fused-ring (bicyclic) bond motifs is 62. The quantitative estimate of drug-likeness (QED) is 0.135. The Morgan fingerprint density at radius 3 is 0.800 bits per heavy atom. The molecule has 0 saturated carbocycles. The van der Waals surface area contributed by atoms with E-state index in [1.807, 2.05) is 90.7 Å². The number of benzene rings is 20. The van der Waals surface area contributed by atoms with Gasteiger partial charge in [0.15, 0.2) is 0 Å². The fourth-order valence-electron chi connectivity index (χ4n) is 24.3. The van der Waals surface area contributed by atoms with Gasteiger partial charge < -0.3 is 17.6 Å². The lowest BCUT2D eigenvalue weighted by Gasteiger charge is -2.12. The highest BCUT2D eigenvalue weighted by Crippen LogP contribution is 2.55. The van der Waals surface area contributed by atoms with Gasteiger partial charge in [-0.2, -0.15) is 0 Å². The number of aromatic nitrogens is 4. The molecule has 0 bridgehead atoms. The van der Waals surface area contributed by atoms with E-state index >= 15 is 0 Å². The van der Waals surface area contributed by atoms with E-state index in [0.717, 1.165) is 0 Å². The van der Waals surface area contributed by atoms with Crippen LogP contribution < -0.4 is 0 Å². The van der Waals surface area contributed by atoms with E-state index in [9.17, 15) is 0 Å². The Morgan fingerprint density at radius 1 is 0.121 bits per heavy atom. The molecule has 36 aromatic rings. The Bertz CT molecular complexity index is 12000. The zero-order valence-corrected chi connectivity index (χ0v) is 80.8. The first-order chi connectivity index (χ1) is 69.4. The maximum atomic E-state index is 2.47. The van der Waals surface area contributed by atoms with E-state index in [1.165, 1.54) is 313 Å². The molecule has 0 N–H and O–H groups in total. The van der Waals surface area contributed by atoms with E-state index < -0.39 is 0 Å². The first kappa shape index (κ1) is 77.4. The van der Waals surface area contributed by atoms with Crippen LogP contribution in [0.25, 0.3) is 313 Å². The van der Waals surface area contributed by atoms with Crippen LogP contribution >= 0.6 is 90.7 Å². The van der Waals surface area contributed by atoms with Crippen molar-refractivity contribution in [2.75, 3.05) is 0 Å². The monoisotopic (exact) mass is 1920 g/mol. The predicted molar refractivity (Wildman–Crippen MR) is 623 cm³/mol. The fraction of sp³-hybridized carbons (Fsp3) is 0. The van der Waals surface area contributed by atoms with Gasteiger partial charge >= 0.3 is 0 Å². The van der Waals surface area contributed by atoms with Crippen molar-refractivity contribution in [2.45, 2.75) is 0 Å². The van der Waals surface area contributed by atoms with Crippen molar-refractivity contribution in [2.24, 2.45) is 0 Å². The summed E-state index contributed by atoms with van der Waals surface area (Å²) < 4.78 is 31.5. The summed E-state index contributed by atoms with van der Waals surface area (Å²) in [6.07, 6.45) is 9.30. The lowest BCUT2D eigenvalue weighted by atomic mass is 9.97. The van der Waals surface area contributed by atoms with Crippen LogP contribution in [0.5, 0.6) is 0 Å². The summed E-state index contributed by atoms with van der Waals surface area (Å²) in [7, 11) is 0. The molecule has 0 amide bonds. The molecule has 16 aromatic heterocycles. The second-order valence-corrected chi connectivity index (χ2v) is 45.9. The number of hydrogen-bond acceptors (Lipinski definition) is 8. The van der Waals surface area contributed by atoms with Crippen molar-refractivity contribution >= 4 is 404 Å². The molecule has 0 spiro atoms. The Balaban J connectivity index is 0.0000000829. The largest absolute Gasteiger partial charge is 0.315 e. The van der Waals surface area contributed by atoms with Crippen molar-refractivity contribution in [3.63, 3.8) is 0 Å². The third-order valence-electron chi connectivity index (χ3n) is 30.2. The molecule has 0 fully saturated rings. The third-order valence-corrected chi connectivity index (χ3v) is 39.6. The maximum Gasteiger partial charge on any atom is 0.0714 e. The van der Waals surface area contributed by atoms with Crippen LogP contribution in [0.2, 0.25) is 0 Å². The van der Waals surface area contributed by atoms with Gasteiger partial charge in [0.05, 0.1) is 48.8 Å². The molecule has 0 saturated heterocycles. The van der Waals surface area contributed by atoms with Crippen molar-refractivity contribution < 1.29 is 0 Å². The van der Waals surface area contributed by atoms with Crippen molar-refractivity contribution in [3.05, 3.63) is 413 Å². The lowest BCUT2D eigenvalue weighted by molar-refractivity contribution is 1.30. The van der Waals surface area contributed by atoms with Crippen molar-refractivity contribution in [1.29, 1.82) is 0 Å². The average molecular weight is 1920 g/mol. The van der Waals surface area contributed by atoms with Crippen LogP contribution in [0.3, 0.4) is 0 Å². The molecule has 648 valence electrons. The minimum absolute atomic E-state index is 1.28. The molecule has 12 heteroatoms. The zero-order chi connectivity index (χ0) is 90.7. The van der Waals surface area contributed by atoms with Crippen molar-refractivity contribution in [3.8, 4) is 0 Å². The molecule has 0 aliphatic carbocycles. The lowest BCUT2D eigenvalue weighted by Crippen LogP contribution is -1.90. The number of nitrogens with zero attached hydrogens (tertiary/aromatic N) is 4. The summed E-state index contributed by atoms with van der Waals surface area (Å²) in [5, 5.41) is 48.4. The van der Waals surface area contributed by atoms with Crippen LogP contribution in [0, 0.1) is 0 Å². The normalized spacial score (nSPS) is 12.6. The van der Waals surface area contributed by atoms with Gasteiger partial charge in [-0.25, -0.2) is 0 Å². The predicted octanol–water partition coefficient (Wildman–Crippen LogP) is 40.5. The van der Waals surface area contributed by atoms with E-state index in [0.29, 0.717) is 0 Å². The van der Waals surface area contributed by atoms with Crippen LogP contribution in [0.1, 0.15) is 0 Å².